The van der Waals surface area contributed by atoms with Crippen LogP contribution in [0.2, 0.25) is 0 Å². The lowest BCUT2D eigenvalue weighted by molar-refractivity contribution is 0.111. The van der Waals surface area contributed by atoms with Crippen LogP contribution < -0.4 is 4.74 Å². The Morgan fingerprint density at radius 3 is 2.88 bits per heavy atom. The van der Waals surface area contributed by atoms with Crippen molar-refractivity contribution in [1.82, 2.24) is 0 Å². The number of hydrogen-bond acceptors (Lipinski definition) is 2. The number of benzene rings is 1. The number of halogens is 1. The molecule has 0 aromatic heterocycles. The number of rotatable bonds is 4. The molecule has 0 N–H and O–H groups in total. The van der Waals surface area contributed by atoms with Gasteiger partial charge < -0.3 is 4.74 Å². The van der Waals surface area contributed by atoms with Crippen LogP contribution in [0.3, 0.4) is 0 Å². The summed E-state index contributed by atoms with van der Waals surface area (Å²) in [4.78, 5) is 10.9. The second-order valence-electron chi connectivity index (χ2n) is 3.28. The predicted molar refractivity (Wildman–Crippen MR) is 67.8 cm³/mol. The number of aryl methyl sites for hydroxylation is 1. The number of carbonyl (C=O) groups excluding carboxylic acids is 1. The Kier molecular flexibility index (Phi) is 5.07. The standard InChI is InChI=1S/C13H13BrO2/c1-3-4-5-6-16-13-10(2)7-12(14)8-11(13)9-15/h7-9H,5-6H2,1-2H3. The van der Waals surface area contributed by atoms with Gasteiger partial charge in [0.15, 0.2) is 6.29 Å². The molecule has 2 nitrogen and oxygen atoms in total. The second kappa shape index (κ2) is 6.34. The van der Waals surface area contributed by atoms with E-state index in [4.69, 9.17) is 4.74 Å². The van der Waals surface area contributed by atoms with Gasteiger partial charge in [0.1, 0.15) is 5.75 Å². The molecular formula is C13H13BrO2. The second-order valence-corrected chi connectivity index (χ2v) is 4.20. The Morgan fingerprint density at radius 2 is 2.25 bits per heavy atom. The molecule has 0 spiro atoms. The maximum absolute atomic E-state index is 10.9. The van der Waals surface area contributed by atoms with E-state index in [2.05, 4.69) is 27.8 Å². The molecule has 16 heavy (non-hydrogen) atoms. The first-order valence-electron chi connectivity index (χ1n) is 4.96. The monoisotopic (exact) mass is 280 g/mol. The minimum absolute atomic E-state index is 0.504. The smallest absolute Gasteiger partial charge is 0.153 e. The van der Waals surface area contributed by atoms with E-state index in [0.717, 1.165) is 16.3 Å². The molecule has 0 saturated heterocycles. The summed E-state index contributed by atoms with van der Waals surface area (Å²) in [6, 6.07) is 3.68. The molecular weight excluding hydrogens is 268 g/mol. The zero-order valence-corrected chi connectivity index (χ0v) is 10.9. The van der Waals surface area contributed by atoms with Gasteiger partial charge in [0.2, 0.25) is 0 Å². The molecule has 1 aromatic carbocycles. The van der Waals surface area contributed by atoms with E-state index in [1.54, 1.807) is 13.0 Å². The Bertz CT molecular complexity index is 441. The number of hydrogen-bond donors (Lipinski definition) is 0. The highest BCUT2D eigenvalue weighted by Gasteiger charge is 2.07. The third-order valence-corrected chi connectivity index (χ3v) is 2.50. The van der Waals surface area contributed by atoms with E-state index in [1.165, 1.54) is 0 Å². The molecule has 84 valence electrons. The van der Waals surface area contributed by atoms with E-state index >= 15 is 0 Å². The molecule has 0 aliphatic heterocycles. The van der Waals surface area contributed by atoms with Crippen LogP contribution in [0.25, 0.3) is 0 Å². The Balaban J connectivity index is 2.84. The summed E-state index contributed by atoms with van der Waals surface area (Å²) >= 11 is 3.34. The van der Waals surface area contributed by atoms with Gasteiger partial charge in [-0.2, -0.15) is 0 Å². The van der Waals surface area contributed by atoms with Crippen LogP contribution in [-0.4, -0.2) is 12.9 Å². The van der Waals surface area contributed by atoms with Crippen LogP contribution in [0.1, 0.15) is 29.3 Å². The quantitative estimate of drug-likeness (QED) is 0.480. The van der Waals surface area contributed by atoms with Crippen LogP contribution in [0.4, 0.5) is 0 Å². The number of ether oxygens (including phenoxy) is 1. The topological polar surface area (TPSA) is 26.3 Å². The summed E-state index contributed by atoms with van der Waals surface area (Å²) in [5.74, 6) is 6.36. The Hall–Kier alpha value is -1.27. The molecule has 3 heteroatoms. The third-order valence-electron chi connectivity index (χ3n) is 2.05. The normalized spacial score (nSPS) is 9.19. The van der Waals surface area contributed by atoms with Gasteiger partial charge in [-0.1, -0.05) is 15.9 Å². The summed E-state index contributed by atoms with van der Waals surface area (Å²) in [6.07, 6.45) is 1.48. The molecule has 0 radical (unpaired) electrons. The first-order chi connectivity index (χ1) is 7.69. The number of aldehydes is 1. The van der Waals surface area contributed by atoms with Crippen molar-refractivity contribution in [3.63, 3.8) is 0 Å². The Labute approximate surface area is 104 Å². The molecule has 0 heterocycles. The van der Waals surface area contributed by atoms with Gasteiger partial charge in [-0.3, -0.25) is 4.79 Å². The van der Waals surface area contributed by atoms with Gasteiger partial charge >= 0.3 is 0 Å². The largest absolute Gasteiger partial charge is 0.492 e. The van der Waals surface area contributed by atoms with Gasteiger partial charge in [0, 0.05) is 10.9 Å². The van der Waals surface area contributed by atoms with Crippen molar-refractivity contribution in [3.05, 3.63) is 27.7 Å². The van der Waals surface area contributed by atoms with E-state index in [-0.39, 0.29) is 0 Å². The van der Waals surface area contributed by atoms with Gasteiger partial charge in [-0.15, -0.1) is 11.8 Å². The van der Waals surface area contributed by atoms with E-state index in [0.29, 0.717) is 24.3 Å². The van der Waals surface area contributed by atoms with Crippen molar-refractivity contribution in [3.8, 4) is 17.6 Å². The van der Waals surface area contributed by atoms with Crippen molar-refractivity contribution in [2.45, 2.75) is 20.3 Å². The van der Waals surface area contributed by atoms with Crippen molar-refractivity contribution >= 4 is 22.2 Å². The van der Waals surface area contributed by atoms with E-state index in [1.807, 2.05) is 13.0 Å². The van der Waals surface area contributed by atoms with Crippen LogP contribution in [0.5, 0.6) is 5.75 Å². The molecule has 0 bridgehead atoms. The van der Waals surface area contributed by atoms with Gasteiger partial charge in [-0.25, -0.2) is 0 Å². The van der Waals surface area contributed by atoms with Crippen LogP contribution in [0, 0.1) is 18.8 Å². The summed E-state index contributed by atoms with van der Waals surface area (Å²) in [5.41, 5.74) is 1.51. The molecule has 0 aliphatic carbocycles. The van der Waals surface area contributed by atoms with Gasteiger partial charge in [0.25, 0.3) is 0 Å². The zero-order valence-electron chi connectivity index (χ0n) is 9.34. The summed E-state index contributed by atoms with van der Waals surface area (Å²) < 4.78 is 6.44. The molecule has 1 aromatic rings. The van der Waals surface area contributed by atoms with Gasteiger partial charge in [-0.05, 0) is 31.5 Å². The lowest BCUT2D eigenvalue weighted by Gasteiger charge is -2.10. The molecule has 0 fully saturated rings. The highest BCUT2D eigenvalue weighted by molar-refractivity contribution is 9.10. The fourth-order valence-electron chi connectivity index (χ4n) is 1.37. The highest BCUT2D eigenvalue weighted by Crippen LogP contribution is 2.26. The molecule has 0 unspecified atom stereocenters. The molecule has 0 aliphatic rings. The number of carbonyl (C=O) groups is 1. The maximum Gasteiger partial charge on any atom is 0.153 e. The van der Waals surface area contributed by atoms with E-state index in [9.17, 15) is 4.79 Å². The SMILES string of the molecule is CC#CCCOc1c(C)cc(Br)cc1C=O. The fraction of sp³-hybridized carbons (Fsp3) is 0.308. The van der Waals surface area contributed by atoms with Crippen molar-refractivity contribution in [2.75, 3.05) is 6.61 Å². The summed E-state index contributed by atoms with van der Waals surface area (Å²) in [7, 11) is 0. The lowest BCUT2D eigenvalue weighted by atomic mass is 10.1. The van der Waals surface area contributed by atoms with Crippen molar-refractivity contribution in [2.24, 2.45) is 0 Å². The first kappa shape index (κ1) is 12.8. The minimum atomic E-state index is 0.504. The molecule has 0 amide bonds. The predicted octanol–water partition coefficient (Wildman–Crippen LogP) is 3.36. The van der Waals surface area contributed by atoms with Crippen LogP contribution in [0.15, 0.2) is 16.6 Å². The molecule has 1 rings (SSSR count). The summed E-state index contributed by atoms with van der Waals surface area (Å²) in [6.45, 7) is 4.21. The summed E-state index contributed by atoms with van der Waals surface area (Å²) in [5, 5.41) is 0. The first-order valence-corrected chi connectivity index (χ1v) is 5.76. The molecule has 0 atom stereocenters. The van der Waals surface area contributed by atoms with E-state index < -0.39 is 0 Å². The van der Waals surface area contributed by atoms with Gasteiger partial charge in [0.05, 0.1) is 12.2 Å². The van der Waals surface area contributed by atoms with Crippen LogP contribution in [-0.2, 0) is 0 Å². The maximum atomic E-state index is 10.9. The van der Waals surface area contributed by atoms with Crippen molar-refractivity contribution < 1.29 is 9.53 Å². The third kappa shape index (κ3) is 3.39. The average Bonchev–Trinajstić information content (AvgIpc) is 2.26. The molecule has 0 saturated carbocycles. The fourth-order valence-corrected chi connectivity index (χ4v) is 1.96. The zero-order chi connectivity index (χ0) is 12.0. The minimum Gasteiger partial charge on any atom is -0.492 e. The highest BCUT2D eigenvalue weighted by atomic mass is 79.9. The van der Waals surface area contributed by atoms with Crippen LogP contribution >= 0.6 is 15.9 Å². The lowest BCUT2D eigenvalue weighted by Crippen LogP contribution is -2.01. The Morgan fingerprint density at radius 1 is 1.50 bits per heavy atom. The average molecular weight is 281 g/mol. The van der Waals surface area contributed by atoms with Crippen molar-refractivity contribution in [1.29, 1.82) is 0 Å².